The lowest BCUT2D eigenvalue weighted by molar-refractivity contribution is -0.157. The van der Waals surface area contributed by atoms with Crippen molar-refractivity contribution in [3.63, 3.8) is 0 Å². The highest BCUT2D eigenvalue weighted by molar-refractivity contribution is 6.03. The average molecular weight is 1560 g/mol. The van der Waals surface area contributed by atoms with Crippen LogP contribution in [0.15, 0.2) is 42.1 Å². The molecule has 30 heteroatoms. The molecule has 0 unspecified atom stereocenters. The third-order valence-corrected chi connectivity index (χ3v) is 20.6. The van der Waals surface area contributed by atoms with Gasteiger partial charge in [-0.05, 0) is 125 Å². The fourth-order valence-electron chi connectivity index (χ4n) is 13.0. The zero-order valence-corrected chi connectivity index (χ0v) is 69.7. The van der Waals surface area contributed by atoms with Crippen molar-refractivity contribution in [3.05, 3.63) is 47.7 Å². The number of likely N-dealkylation sites (tertiary alicyclic amines) is 1. The lowest BCUT2D eigenvalue weighted by Crippen LogP contribution is -2.64. The summed E-state index contributed by atoms with van der Waals surface area (Å²) < 4.78 is 6.01. The molecule has 111 heavy (non-hydrogen) atoms. The first kappa shape index (κ1) is 96.7. The van der Waals surface area contributed by atoms with Gasteiger partial charge in [0.2, 0.25) is 70.9 Å². The Balaban J connectivity index is 2.07. The number of nitrogens with zero attached hydrogens (tertiary/aromatic N) is 1. The predicted octanol–water partition coefficient (Wildman–Crippen LogP) is 4.05. The Morgan fingerprint density at radius 3 is 1.69 bits per heavy atom. The summed E-state index contributed by atoms with van der Waals surface area (Å²) in [6, 6.07) is -7.55. The van der Waals surface area contributed by atoms with Gasteiger partial charge in [-0.15, -0.1) is 0 Å². The van der Waals surface area contributed by atoms with Crippen molar-refractivity contribution >= 4 is 82.8 Å². The molecule has 0 spiro atoms. The fraction of sp³-hybridized carbons (Fsp3) is 0.728. The molecule has 0 saturated carbocycles. The van der Waals surface area contributed by atoms with E-state index in [0.29, 0.717) is 50.3 Å². The number of aliphatic hydroxyl groups is 1. The minimum absolute atomic E-state index is 0.0328. The maximum absolute atomic E-state index is 15.2. The number of benzene rings is 1. The zero-order valence-electron chi connectivity index (χ0n) is 69.7. The van der Waals surface area contributed by atoms with Gasteiger partial charge >= 0.3 is 5.97 Å². The topological polar surface area (TPSA) is 428 Å². The van der Waals surface area contributed by atoms with Gasteiger partial charge in [0, 0.05) is 19.4 Å². The number of esters is 1. The highest BCUT2D eigenvalue weighted by Gasteiger charge is 2.45. The first-order chi connectivity index (χ1) is 52.2. The summed E-state index contributed by atoms with van der Waals surface area (Å²) in [4.78, 5) is 204. The van der Waals surface area contributed by atoms with Crippen molar-refractivity contribution in [2.75, 3.05) is 19.6 Å². The Bertz CT molecular complexity index is 3270. The number of aliphatic hydroxyl groups excluding tert-OH is 1. The molecule has 2 saturated heterocycles. The average Bonchev–Trinajstić information content (AvgIpc) is 1.73. The van der Waals surface area contributed by atoms with E-state index >= 15 is 14.4 Å². The molecule has 1 aromatic carbocycles. The fourth-order valence-corrected chi connectivity index (χ4v) is 13.0. The minimum atomic E-state index is -1.82. The second kappa shape index (κ2) is 48.4. The molecule has 0 aliphatic carbocycles. The predicted molar refractivity (Wildman–Crippen MR) is 423 cm³/mol. The number of carbonyl (C=O) groups excluding carboxylic acids is 14. The first-order valence-corrected chi connectivity index (χ1v) is 40.5. The Hall–Kier alpha value is -8.54. The molecule has 0 bridgehead atoms. The van der Waals surface area contributed by atoms with Crippen LogP contribution in [0, 0.1) is 47.3 Å². The van der Waals surface area contributed by atoms with Crippen LogP contribution in [0.4, 0.5) is 0 Å². The van der Waals surface area contributed by atoms with Crippen LogP contribution in [-0.2, 0) is 78.3 Å². The molecule has 16 atom stereocenters. The van der Waals surface area contributed by atoms with Crippen molar-refractivity contribution in [2.24, 2.45) is 47.3 Å². The number of amides is 13. The highest BCUT2D eigenvalue weighted by Crippen LogP contribution is 2.23. The maximum atomic E-state index is 15.2. The van der Waals surface area contributed by atoms with E-state index in [1.165, 1.54) is 31.7 Å². The van der Waals surface area contributed by atoms with Gasteiger partial charge in [0.05, 0.1) is 6.10 Å². The number of rotatable bonds is 39. The number of ether oxygens (including phenoxy) is 1. The third-order valence-electron chi connectivity index (χ3n) is 20.6. The third kappa shape index (κ3) is 31.2. The molecule has 1 aromatic rings. The van der Waals surface area contributed by atoms with Crippen LogP contribution >= 0.6 is 0 Å². The van der Waals surface area contributed by atoms with E-state index in [9.17, 15) is 57.8 Å². The van der Waals surface area contributed by atoms with Crippen molar-refractivity contribution in [3.8, 4) is 0 Å². The molecule has 626 valence electrons. The van der Waals surface area contributed by atoms with E-state index in [4.69, 9.17) is 4.74 Å². The summed E-state index contributed by atoms with van der Waals surface area (Å²) in [7, 11) is 0. The molecule has 2 aliphatic heterocycles. The number of carbonyl (C=O) groups is 14. The van der Waals surface area contributed by atoms with E-state index in [2.05, 4.69) is 76.0 Å². The molecular formula is C81H136N14O16. The van der Waals surface area contributed by atoms with Crippen LogP contribution in [0.3, 0.4) is 0 Å². The van der Waals surface area contributed by atoms with Crippen LogP contribution in [0.5, 0.6) is 0 Å². The number of cyclic esters (lactones) is 1. The monoisotopic (exact) mass is 1560 g/mol. The molecule has 3 rings (SSSR count). The van der Waals surface area contributed by atoms with Gasteiger partial charge in [-0.1, -0.05) is 193 Å². The number of hydrogen-bond donors (Lipinski definition) is 14. The molecule has 13 amide bonds. The highest BCUT2D eigenvalue weighted by atomic mass is 16.5. The van der Waals surface area contributed by atoms with Crippen LogP contribution < -0.4 is 69.1 Å². The molecular weight excluding hydrogens is 1420 g/mol. The molecule has 0 aromatic heterocycles. The van der Waals surface area contributed by atoms with Crippen molar-refractivity contribution in [1.82, 2.24) is 74.0 Å². The van der Waals surface area contributed by atoms with Gasteiger partial charge in [-0.3, -0.25) is 62.3 Å². The van der Waals surface area contributed by atoms with Crippen LogP contribution in [0.2, 0.25) is 0 Å². The van der Waals surface area contributed by atoms with Crippen LogP contribution in [0.25, 0.3) is 0 Å². The molecule has 30 nitrogen and oxygen atoms in total. The molecule has 2 heterocycles. The number of allylic oxidation sites excluding steroid dienone is 1. The standard InChI is InChI=1S/C81H136N14O16/c1-21-25-26-30-40-82-41-32-37-56(84-72(101)58-38-33-42-95(58)80(109)63(48(13)14)89-75(104)62(47(11)12)88-78(107)67(52(19)96)93-74(103)60(45(7)8)86-59(97)39-31-34-44(5)6)70(99)91-65(50(17)22-2)77(106)94-68-53(20)111-81(110)64(49(15)16)90-69(98)55(24-4)83-71(100)57(43-54-35-28-27-29-36-54)85-73(102)61(46(9)10)87-76(105)66(51(18)23-3)92-79(68)108/h24,27-29,35-36,44-53,56-58,60-68,82,96H,21-23,25-26,30-34,37-43H2,1-20H3,(H,83,100)(H,84,101)(H,85,102)(H,86,97)(H,87,105)(H,88,107)(H,89,104)(H,90,98)(H,91,99)(H,92,108)(H,93,103)(H,94,106)/b55-24-/t50-,51-,52-,53+,56-,57-,58+,60-,61+,62+,63-,64-,65+,66+,67+,68+/m0/s1. The normalized spacial score (nSPS) is 22.0. The Kier molecular flexibility index (Phi) is 42.1. The lowest BCUT2D eigenvalue weighted by Gasteiger charge is -2.34. The van der Waals surface area contributed by atoms with E-state index in [-0.39, 0.29) is 50.3 Å². The second-order valence-electron chi connectivity index (χ2n) is 32.2. The number of nitrogens with one attached hydrogen (secondary N) is 13. The number of hydrogen-bond acceptors (Lipinski definition) is 17. The Labute approximate surface area is 658 Å². The quantitative estimate of drug-likeness (QED) is 0.0251. The van der Waals surface area contributed by atoms with Crippen molar-refractivity contribution < 1.29 is 77.0 Å². The number of unbranched alkanes of at least 4 members (excludes halogenated alkanes) is 3. The molecule has 14 N–H and O–H groups in total. The second-order valence-corrected chi connectivity index (χ2v) is 32.2. The minimum Gasteiger partial charge on any atom is -0.458 e. The van der Waals surface area contributed by atoms with Gasteiger partial charge in [-0.25, -0.2) is 4.79 Å². The smallest absolute Gasteiger partial charge is 0.329 e. The first-order valence-electron chi connectivity index (χ1n) is 40.5. The van der Waals surface area contributed by atoms with E-state index in [1.807, 2.05) is 13.8 Å². The summed E-state index contributed by atoms with van der Waals surface area (Å²) >= 11 is 0. The summed E-state index contributed by atoms with van der Waals surface area (Å²) in [5.41, 5.74) is 0.380. The van der Waals surface area contributed by atoms with Gasteiger partial charge in [-0.2, -0.15) is 0 Å². The Morgan fingerprint density at radius 2 is 1.14 bits per heavy atom. The van der Waals surface area contributed by atoms with E-state index in [0.717, 1.165) is 32.1 Å². The summed E-state index contributed by atoms with van der Waals surface area (Å²) in [6.45, 7) is 35.2. The van der Waals surface area contributed by atoms with E-state index < -0.39 is 203 Å². The van der Waals surface area contributed by atoms with Crippen molar-refractivity contribution in [2.45, 2.75) is 313 Å². The van der Waals surface area contributed by atoms with Gasteiger partial charge in [0.1, 0.15) is 84.3 Å². The molecule has 2 aliphatic rings. The lowest BCUT2D eigenvalue weighted by atomic mass is 9.95. The van der Waals surface area contributed by atoms with Gasteiger partial charge in [0.15, 0.2) is 0 Å². The maximum Gasteiger partial charge on any atom is 0.329 e. The van der Waals surface area contributed by atoms with Crippen molar-refractivity contribution in [1.29, 1.82) is 0 Å². The molecule has 2 fully saturated rings. The van der Waals surface area contributed by atoms with Crippen LogP contribution in [-0.4, -0.2) is 197 Å². The Morgan fingerprint density at radius 1 is 0.577 bits per heavy atom. The van der Waals surface area contributed by atoms with E-state index in [1.54, 1.807) is 127 Å². The molecule has 0 radical (unpaired) electrons. The van der Waals surface area contributed by atoms with Gasteiger partial charge in [0.25, 0.3) is 5.91 Å². The SMILES string of the molecule is C/C=C1\NC(=O)[C@H](Cc2ccccc2)NC(=O)[C@@H](C(C)C)NC(=O)[C@@H]([C@@H](C)CC)NC(=O)[C@H](NC(=O)[C@H](NC(=O)[C@H](CCCNCCCCCC)NC(=O)[C@H]2CCCN2C(=O)[C@@H](NC(=O)[C@H](NC(=O)[C@H](NC(=O)[C@@H](NC(=O)CCCC(C)C)C(C)C)[C@H](C)O)C(C)C)C(C)C)[C@@H](C)CC)[C@@H](C)OC(=O)[C@H](C(C)C)NC1=O. The largest absolute Gasteiger partial charge is 0.458 e. The van der Waals surface area contributed by atoms with Gasteiger partial charge < -0.3 is 83.9 Å². The summed E-state index contributed by atoms with van der Waals surface area (Å²) in [6.07, 6.45) is 5.35. The summed E-state index contributed by atoms with van der Waals surface area (Å²) in [5.74, 6) is -14.9. The zero-order chi connectivity index (χ0) is 83.7. The van der Waals surface area contributed by atoms with Crippen LogP contribution in [0.1, 0.15) is 228 Å². The summed E-state index contributed by atoms with van der Waals surface area (Å²) in [5, 5.41) is 47.1.